The molecular weight excluding hydrogens is 526 g/mol. The molecule has 3 aromatic rings. The van der Waals surface area contributed by atoms with Gasteiger partial charge in [-0.15, -0.1) is 0 Å². The molecule has 1 N–H and O–H groups in total. The van der Waals surface area contributed by atoms with E-state index in [0.717, 1.165) is 21.2 Å². The minimum atomic E-state index is -0.746. The minimum absolute atomic E-state index is 0.247. The molecule has 5 nitrogen and oxygen atoms in total. The molecule has 1 unspecified atom stereocenters. The molecule has 1 atom stereocenters. The Labute approximate surface area is 210 Å². The first-order valence-corrected chi connectivity index (χ1v) is 12.6. The van der Waals surface area contributed by atoms with Crippen molar-refractivity contribution in [2.24, 2.45) is 0 Å². The predicted molar refractivity (Wildman–Crippen MR) is 138 cm³/mol. The van der Waals surface area contributed by atoms with Gasteiger partial charge in [-0.2, -0.15) is 11.8 Å². The van der Waals surface area contributed by atoms with Crippen LogP contribution >= 0.6 is 39.3 Å². The van der Waals surface area contributed by atoms with E-state index in [-0.39, 0.29) is 6.61 Å². The molecule has 0 radical (unpaired) electrons. The van der Waals surface area contributed by atoms with Crippen molar-refractivity contribution in [3.05, 3.63) is 88.6 Å². The maximum Gasteiger partial charge on any atom is 0.329 e. The van der Waals surface area contributed by atoms with Gasteiger partial charge < -0.3 is 14.5 Å². The Bertz CT molecular complexity index is 1160. The average Bonchev–Trinajstić information content (AvgIpc) is 3.22. The van der Waals surface area contributed by atoms with Gasteiger partial charge in [0.05, 0.1) is 11.6 Å². The first-order valence-electron chi connectivity index (χ1n) is 10.3. The van der Waals surface area contributed by atoms with Crippen LogP contribution in [0.1, 0.15) is 18.2 Å². The van der Waals surface area contributed by atoms with Crippen molar-refractivity contribution in [3.8, 4) is 0 Å². The molecule has 1 aromatic heterocycles. The molecule has 33 heavy (non-hydrogen) atoms. The Morgan fingerprint density at radius 1 is 1.21 bits per heavy atom. The second-order valence-corrected chi connectivity index (χ2v) is 9.33. The van der Waals surface area contributed by atoms with Crippen LogP contribution in [0.15, 0.2) is 81.7 Å². The first-order chi connectivity index (χ1) is 16.0. The summed E-state index contributed by atoms with van der Waals surface area (Å²) in [6, 6.07) is 16.7. The molecule has 0 bridgehead atoms. The highest BCUT2D eigenvalue weighted by atomic mass is 79.9. The average molecular weight is 549 g/mol. The fraction of sp³-hybridized carbons (Fsp3) is 0.200. The Morgan fingerprint density at radius 2 is 2.00 bits per heavy atom. The van der Waals surface area contributed by atoms with E-state index in [9.17, 15) is 9.59 Å². The molecule has 0 spiro atoms. The number of furan rings is 1. The lowest BCUT2D eigenvalue weighted by atomic mass is 10.2. The van der Waals surface area contributed by atoms with Crippen LogP contribution in [0.25, 0.3) is 16.0 Å². The van der Waals surface area contributed by atoms with Crippen LogP contribution in [0.4, 0.5) is 0 Å². The Balaban J connectivity index is 1.58. The molecule has 172 valence electrons. The number of benzene rings is 2. The largest absolute Gasteiger partial charge is 0.464 e. The van der Waals surface area contributed by atoms with Gasteiger partial charge in [0.25, 0.3) is 0 Å². The van der Waals surface area contributed by atoms with Crippen molar-refractivity contribution in [2.45, 2.75) is 18.7 Å². The van der Waals surface area contributed by atoms with Crippen molar-refractivity contribution in [2.75, 3.05) is 12.4 Å². The van der Waals surface area contributed by atoms with Gasteiger partial charge in [-0.3, -0.25) is 4.79 Å². The number of carbonyl (C=O) groups is 2. The summed E-state index contributed by atoms with van der Waals surface area (Å²) in [5.74, 6) is 0.758. The lowest BCUT2D eigenvalue weighted by Crippen LogP contribution is -2.43. The third kappa shape index (κ3) is 7.81. The predicted octanol–water partition coefficient (Wildman–Crippen LogP) is 6.31. The Hall–Kier alpha value is -2.48. The summed E-state index contributed by atoms with van der Waals surface area (Å²) in [5.41, 5.74) is 1.86. The summed E-state index contributed by atoms with van der Waals surface area (Å²) in [5, 5.41) is 3.98. The van der Waals surface area contributed by atoms with Crippen molar-refractivity contribution < 1.29 is 18.7 Å². The number of carbonyl (C=O) groups excluding carboxylic acids is 2. The van der Waals surface area contributed by atoms with Crippen molar-refractivity contribution in [3.63, 3.8) is 0 Å². The summed E-state index contributed by atoms with van der Waals surface area (Å²) in [6.07, 6.45) is 4.40. The summed E-state index contributed by atoms with van der Waals surface area (Å²) >= 11 is 11.3. The molecule has 0 aliphatic rings. The number of halogens is 2. The molecular formula is C25H23BrClNO4S. The van der Waals surface area contributed by atoms with Gasteiger partial charge in [0.2, 0.25) is 5.91 Å². The highest BCUT2D eigenvalue weighted by Gasteiger charge is 2.21. The van der Waals surface area contributed by atoms with Crippen LogP contribution in [0, 0.1) is 0 Å². The molecule has 0 saturated carbocycles. The number of allylic oxidation sites excluding steroid dienone is 2. The fourth-order valence-corrected chi connectivity index (χ4v) is 4.48. The van der Waals surface area contributed by atoms with Gasteiger partial charge in [0, 0.05) is 27.4 Å². The zero-order valence-electron chi connectivity index (χ0n) is 17.9. The standard InChI is InChI=1S/C25H23BrClNO4S/c1-2-31-25(30)21(16-33-15-17-7-4-3-5-8-17)28-24(29)10-6-9-20(27)23-14-18-13-19(26)11-12-22(18)32-23/h3-14,21H,2,15-16H2,1H3,(H,28,29)/b10-6+,20-9-. The lowest BCUT2D eigenvalue weighted by Gasteiger charge is -2.16. The van der Waals surface area contributed by atoms with Gasteiger partial charge in [-0.25, -0.2) is 4.79 Å². The molecule has 1 heterocycles. The monoisotopic (exact) mass is 547 g/mol. The number of amides is 1. The number of nitrogens with one attached hydrogen (secondary N) is 1. The molecule has 3 rings (SSSR count). The van der Waals surface area contributed by atoms with E-state index in [4.69, 9.17) is 20.8 Å². The zero-order valence-corrected chi connectivity index (χ0v) is 21.1. The van der Waals surface area contributed by atoms with Gasteiger partial charge in [-0.05, 0) is 42.8 Å². The maximum absolute atomic E-state index is 12.4. The third-order valence-corrected chi connectivity index (χ3v) is 6.40. The summed E-state index contributed by atoms with van der Waals surface area (Å²) < 4.78 is 11.8. The quantitative estimate of drug-likeness (QED) is 0.183. The van der Waals surface area contributed by atoms with E-state index in [1.54, 1.807) is 24.8 Å². The number of thioether (sulfide) groups is 1. The normalized spacial score (nSPS) is 12.8. The smallest absolute Gasteiger partial charge is 0.329 e. The van der Waals surface area contributed by atoms with Crippen molar-refractivity contribution in [1.82, 2.24) is 5.32 Å². The molecule has 0 saturated heterocycles. The second-order valence-electron chi connectivity index (χ2n) is 6.98. The number of rotatable bonds is 10. The highest BCUT2D eigenvalue weighted by Crippen LogP contribution is 2.28. The van der Waals surface area contributed by atoms with Gasteiger partial charge >= 0.3 is 5.97 Å². The molecule has 1 amide bonds. The van der Waals surface area contributed by atoms with E-state index in [1.807, 2.05) is 54.6 Å². The van der Waals surface area contributed by atoms with Gasteiger partial charge in [0.1, 0.15) is 17.4 Å². The second kappa shape index (κ2) is 12.7. The number of hydrogen-bond donors (Lipinski definition) is 1. The summed E-state index contributed by atoms with van der Waals surface area (Å²) in [6.45, 7) is 1.98. The third-order valence-electron chi connectivity index (χ3n) is 4.49. The number of ether oxygens (including phenoxy) is 1. The number of fused-ring (bicyclic) bond motifs is 1. The topological polar surface area (TPSA) is 68.5 Å². The van der Waals surface area contributed by atoms with Crippen molar-refractivity contribution in [1.29, 1.82) is 0 Å². The van der Waals surface area contributed by atoms with Crippen LogP contribution in [-0.4, -0.2) is 30.3 Å². The van der Waals surface area contributed by atoms with E-state index >= 15 is 0 Å². The van der Waals surface area contributed by atoms with Crippen LogP contribution < -0.4 is 5.32 Å². The van der Waals surface area contributed by atoms with Gasteiger partial charge in [-0.1, -0.05) is 63.9 Å². The molecule has 0 aliphatic heterocycles. The molecule has 8 heteroatoms. The minimum Gasteiger partial charge on any atom is -0.464 e. The molecule has 0 fully saturated rings. The fourth-order valence-electron chi connectivity index (χ4n) is 2.93. The molecule has 2 aromatic carbocycles. The van der Waals surface area contributed by atoms with Crippen LogP contribution in [0.3, 0.4) is 0 Å². The van der Waals surface area contributed by atoms with E-state index in [0.29, 0.717) is 22.1 Å². The molecule has 0 aliphatic carbocycles. The van der Waals surface area contributed by atoms with Gasteiger partial charge in [0.15, 0.2) is 0 Å². The van der Waals surface area contributed by atoms with E-state index < -0.39 is 17.9 Å². The van der Waals surface area contributed by atoms with E-state index in [2.05, 4.69) is 21.2 Å². The summed E-state index contributed by atoms with van der Waals surface area (Å²) in [4.78, 5) is 24.6. The lowest BCUT2D eigenvalue weighted by molar-refractivity contribution is -0.146. The van der Waals surface area contributed by atoms with Crippen LogP contribution in [-0.2, 0) is 20.1 Å². The highest BCUT2D eigenvalue weighted by molar-refractivity contribution is 9.10. The first kappa shape index (κ1) is 25.1. The number of esters is 1. The Morgan fingerprint density at radius 3 is 2.76 bits per heavy atom. The number of hydrogen-bond acceptors (Lipinski definition) is 5. The van der Waals surface area contributed by atoms with Crippen molar-refractivity contribution >= 4 is 67.2 Å². The SMILES string of the molecule is CCOC(=O)C(CSCc1ccccc1)NC(=O)/C=C/C=C(\Cl)c1cc2cc(Br)ccc2o1. The van der Waals surface area contributed by atoms with Crippen LogP contribution in [0.2, 0.25) is 0 Å². The van der Waals surface area contributed by atoms with Crippen LogP contribution in [0.5, 0.6) is 0 Å². The zero-order chi connectivity index (χ0) is 23.6. The Kier molecular flexibility index (Phi) is 9.66. The summed E-state index contributed by atoms with van der Waals surface area (Å²) in [7, 11) is 0. The van der Waals surface area contributed by atoms with E-state index in [1.165, 1.54) is 12.2 Å². The maximum atomic E-state index is 12.4.